The van der Waals surface area contributed by atoms with Gasteiger partial charge in [-0.05, 0) is 18.2 Å². The van der Waals surface area contributed by atoms with Gasteiger partial charge in [0.1, 0.15) is 12.4 Å². The normalized spacial score (nSPS) is 17.9. The van der Waals surface area contributed by atoms with Gasteiger partial charge in [-0.2, -0.15) is 13.2 Å². The van der Waals surface area contributed by atoms with E-state index < -0.39 is 17.2 Å². The van der Waals surface area contributed by atoms with Crippen LogP contribution in [0.25, 0.3) is 0 Å². The van der Waals surface area contributed by atoms with Gasteiger partial charge in [0, 0.05) is 4.47 Å². The second kappa shape index (κ2) is 5.30. The van der Waals surface area contributed by atoms with Crippen LogP contribution in [0.2, 0.25) is 0 Å². The molecule has 0 aromatic heterocycles. The molecule has 0 radical (unpaired) electrons. The van der Waals surface area contributed by atoms with Gasteiger partial charge in [-0.3, -0.25) is 0 Å². The first kappa shape index (κ1) is 14.6. The molecule has 1 heterocycles. The lowest BCUT2D eigenvalue weighted by molar-refractivity contribution is -0.156. The number of halogens is 4. The number of benzene rings is 1. The lowest BCUT2D eigenvalue weighted by Crippen LogP contribution is -2.50. The van der Waals surface area contributed by atoms with Crippen LogP contribution in [0.15, 0.2) is 22.7 Å². The number of aliphatic hydroxyl groups excluding tert-OH is 1. The van der Waals surface area contributed by atoms with Gasteiger partial charge in [0.2, 0.25) is 0 Å². The first-order valence-electron chi connectivity index (χ1n) is 5.54. The molecular weight excluding hydrogens is 329 g/mol. The molecule has 1 aromatic carbocycles. The summed E-state index contributed by atoms with van der Waals surface area (Å²) in [5.41, 5.74) is -1.43. The molecule has 0 spiro atoms. The third kappa shape index (κ3) is 3.21. The molecule has 106 valence electrons. The molecule has 19 heavy (non-hydrogen) atoms. The van der Waals surface area contributed by atoms with Crippen LogP contribution in [0.1, 0.15) is 5.56 Å². The van der Waals surface area contributed by atoms with Crippen molar-refractivity contribution in [3.63, 3.8) is 0 Å². The van der Waals surface area contributed by atoms with E-state index in [-0.39, 0.29) is 19.0 Å². The molecule has 0 aliphatic carbocycles. The minimum atomic E-state index is -4.48. The zero-order valence-corrected chi connectivity index (χ0v) is 11.4. The molecule has 2 rings (SSSR count). The second-order valence-electron chi connectivity index (χ2n) is 4.58. The first-order valence-corrected chi connectivity index (χ1v) is 6.34. The zero-order valence-electron chi connectivity index (χ0n) is 9.84. The van der Waals surface area contributed by atoms with Crippen molar-refractivity contribution in [3.8, 4) is 5.75 Å². The molecule has 7 heteroatoms. The van der Waals surface area contributed by atoms with Crippen LogP contribution in [0.5, 0.6) is 5.75 Å². The summed E-state index contributed by atoms with van der Waals surface area (Å²) >= 11 is 3.00. The van der Waals surface area contributed by atoms with Crippen molar-refractivity contribution in [1.82, 2.24) is 0 Å². The summed E-state index contributed by atoms with van der Waals surface area (Å²) in [6, 6.07) is 3.71. The molecule has 0 bridgehead atoms. The smallest absolute Gasteiger partial charge is 0.420 e. The summed E-state index contributed by atoms with van der Waals surface area (Å²) in [4.78, 5) is 0. The Morgan fingerprint density at radius 2 is 2.05 bits per heavy atom. The molecule has 1 N–H and O–H groups in total. The maximum Gasteiger partial charge on any atom is 0.420 e. The van der Waals surface area contributed by atoms with Gasteiger partial charge in [0.25, 0.3) is 0 Å². The third-order valence-electron chi connectivity index (χ3n) is 2.93. The Bertz CT molecular complexity index is 453. The fraction of sp³-hybridized carbons (Fsp3) is 0.500. The summed E-state index contributed by atoms with van der Waals surface area (Å²) in [5, 5.41) is 9.20. The van der Waals surface area contributed by atoms with E-state index in [0.717, 1.165) is 6.07 Å². The topological polar surface area (TPSA) is 38.7 Å². The van der Waals surface area contributed by atoms with Crippen molar-refractivity contribution in [2.24, 2.45) is 5.41 Å². The zero-order chi connectivity index (χ0) is 14.1. The number of hydrogen-bond donors (Lipinski definition) is 1. The van der Waals surface area contributed by atoms with Crippen LogP contribution in [0.4, 0.5) is 13.2 Å². The van der Waals surface area contributed by atoms with E-state index in [1.165, 1.54) is 12.1 Å². The third-order valence-corrected chi connectivity index (χ3v) is 3.43. The fourth-order valence-electron chi connectivity index (χ4n) is 1.69. The van der Waals surface area contributed by atoms with Gasteiger partial charge >= 0.3 is 6.18 Å². The number of ether oxygens (including phenoxy) is 2. The molecule has 1 aliphatic rings. The van der Waals surface area contributed by atoms with E-state index in [1.54, 1.807) is 0 Å². The van der Waals surface area contributed by atoms with Crippen molar-refractivity contribution >= 4 is 15.9 Å². The molecule has 1 fully saturated rings. The summed E-state index contributed by atoms with van der Waals surface area (Å²) in [6.07, 6.45) is -4.48. The molecule has 0 unspecified atom stereocenters. The Morgan fingerprint density at radius 3 is 2.53 bits per heavy atom. The molecule has 3 nitrogen and oxygen atoms in total. The van der Waals surface area contributed by atoms with Gasteiger partial charge in [-0.15, -0.1) is 0 Å². The SMILES string of the molecule is OCC1(COc2ccc(Br)cc2C(F)(F)F)COC1. The monoisotopic (exact) mass is 340 g/mol. The average molecular weight is 341 g/mol. The average Bonchev–Trinajstić information content (AvgIpc) is 2.28. The maximum atomic E-state index is 12.9. The molecule has 0 amide bonds. The largest absolute Gasteiger partial charge is 0.492 e. The maximum absolute atomic E-state index is 12.9. The summed E-state index contributed by atoms with van der Waals surface area (Å²) in [7, 11) is 0. The van der Waals surface area contributed by atoms with Crippen LogP contribution in [-0.2, 0) is 10.9 Å². The summed E-state index contributed by atoms with van der Waals surface area (Å²) in [5.74, 6) is -0.240. The molecule has 1 aromatic rings. The number of alkyl halides is 3. The summed E-state index contributed by atoms with van der Waals surface area (Å²) < 4.78 is 49.1. The predicted molar refractivity (Wildman–Crippen MR) is 65.0 cm³/mol. The second-order valence-corrected chi connectivity index (χ2v) is 5.49. The predicted octanol–water partition coefficient (Wildman–Crippen LogP) is 2.86. The number of aliphatic hydroxyl groups is 1. The van der Waals surface area contributed by atoms with E-state index >= 15 is 0 Å². The van der Waals surface area contributed by atoms with Crippen LogP contribution in [-0.4, -0.2) is 31.5 Å². The van der Waals surface area contributed by atoms with E-state index in [2.05, 4.69) is 15.9 Å². The molecule has 1 aliphatic heterocycles. The lowest BCUT2D eigenvalue weighted by Gasteiger charge is -2.39. The van der Waals surface area contributed by atoms with Crippen molar-refractivity contribution in [3.05, 3.63) is 28.2 Å². The van der Waals surface area contributed by atoms with E-state index in [0.29, 0.717) is 17.7 Å². The van der Waals surface area contributed by atoms with E-state index in [9.17, 15) is 18.3 Å². The van der Waals surface area contributed by atoms with Crippen molar-refractivity contribution < 1.29 is 27.8 Å². The first-order chi connectivity index (χ1) is 8.86. The lowest BCUT2D eigenvalue weighted by atomic mass is 9.88. The van der Waals surface area contributed by atoms with Crippen molar-refractivity contribution in [2.75, 3.05) is 26.4 Å². The highest BCUT2D eigenvalue weighted by Gasteiger charge is 2.40. The number of hydrogen-bond acceptors (Lipinski definition) is 3. The Hall–Kier alpha value is -0.790. The van der Waals surface area contributed by atoms with Crippen LogP contribution in [0.3, 0.4) is 0 Å². The Morgan fingerprint density at radius 1 is 1.37 bits per heavy atom. The van der Waals surface area contributed by atoms with E-state index in [1.807, 2.05) is 0 Å². The Kier molecular flexibility index (Phi) is 4.08. The van der Waals surface area contributed by atoms with Crippen LogP contribution in [0, 0.1) is 5.41 Å². The highest BCUT2D eigenvalue weighted by atomic mass is 79.9. The number of rotatable bonds is 4. The fourth-order valence-corrected chi connectivity index (χ4v) is 2.05. The van der Waals surface area contributed by atoms with Crippen LogP contribution < -0.4 is 4.74 Å². The van der Waals surface area contributed by atoms with Crippen molar-refractivity contribution in [1.29, 1.82) is 0 Å². The van der Waals surface area contributed by atoms with Crippen LogP contribution >= 0.6 is 15.9 Å². The molecule has 1 saturated heterocycles. The molecule has 0 saturated carbocycles. The minimum Gasteiger partial charge on any atom is -0.492 e. The van der Waals surface area contributed by atoms with Gasteiger partial charge in [-0.1, -0.05) is 15.9 Å². The Labute approximate surface area is 116 Å². The quantitative estimate of drug-likeness (QED) is 0.915. The Balaban J connectivity index is 2.16. The highest BCUT2D eigenvalue weighted by molar-refractivity contribution is 9.10. The van der Waals surface area contributed by atoms with E-state index in [4.69, 9.17) is 9.47 Å². The van der Waals surface area contributed by atoms with Gasteiger partial charge in [-0.25, -0.2) is 0 Å². The van der Waals surface area contributed by atoms with Crippen molar-refractivity contribution in [2.45, 2.75) is 6.18 Å². The minimum absolute atomic E-state index is 0.00574. The molecule has 0 atom stereocenters. The standard InChI is InChI=1S/C12H12BrF3O3/c13-8-1-2-10(9(3-8)12(14,15)16)19-7-11(4-17)5-18-6-11/h1-3,17H,4-7H2. The highest BCUT2D eigenvalue weighted by Crippen LogP contribution is 2.39. The molecular formula is C12H12BrF3O3. The van der Waals surface area contributed by atoms with Gasteiger partial charge in [0.05, 0.1) is 30.8 Å². The summed E-state index contributed by atoms with van der Waals surface area (Å²) in [6.45, 7) is 0.405. The van der Waals surface area contributed by atoms with Gasteiger partial charge < -0.3 is 14.6 Å². The van der Waals surface area contributed by atoms with Gasteiger partial charge in [0.15, 0.2) is 0 Å².